The molecule has 0 radical (unpaired) electrons. The van der Waals surface area contributed by atoms with Crippen molar-refractivity contribution < 1.29 is 37.6 Å². The molecule has 0 amide bonds. The molecule has 0 aromatic rings. The van der Waals surface area contributed by atoms with Gasteiger partial charge in [0.2, 0.25) is 0 Å². The lowest BCUT2D eigenvalue weighted by molar-refractivity contribution is -0.161. The first kappa shape index (κ1) is 47.0. The van der Waals surface area contributed by atoms with E-state index in [1.54, 1.807) is 0 Å². The van der Waals surface area contributed by atoms with Crippen LogP contribution in [-0.4, -0.2) is 43.3 Å². The summed E-state index contributed by atoms with van der Waals surface area (Å²) in [6.07, 6.45) is 41.6. The van der Waals surface area contributed by atoms with Gasteiger partial charge in [-0.2, -0.15) is 0 Å². The summed E-state index contributed by atoms with van der Waals surface area (Å²) in [6.45, 7) is 3.73. The molecule has 0 heterocycles. The van der Waals surface area contributed by atoms with Crippen molar-refractivity contribution in [3.05, 3.63) is 48.6 Å². The van der Waals surface area contributed by atoms with E-state index >= 15 is 0 Å². The quantitative estimate of drug-likeness (QED) is 0.0300. The standard InChI is InChI=1S/C40H71O8P/c1-4-6-8-10-12-14-16-18-20-22-24-26-28-30-32-34-39(41)46-36-38(37-47-49(43,44)45-3)48-40(42)35-33-31-29-27-25-23-21-19-17-15-13-11-9-7-5-2/h7,9,13,15,19,21,25,27,38H,4-6,8,10-12,14,16-18,20,22-24,26,28-37H2,1-3H3,(H,43,44)/b9-7-,15-13-,21-19-,27-25-. The van der Waals surface area contributed by atoms with Crippen LogP contribution in [0.3, 0.4) is 0 Å². The highest BCUT2D eigenvalue weighted by Gasteiger charge is 2.24. The second kappa shape index (κ2) is 35.8. The molecule has 0 aromatic carbocycles. The van der Waals surface area contributed by atoms with Crippen LogP contribution < -0.4 is 0 Å². The Morgan fingerprint density at radius 3 is 1.55 bits per heavy atom. The van der Waals surface area contributed by atoms with Gasteiger partial charge in [-0.1, -0.05) is 152 Å². The van der Waals surface area contributed by atoms with Crippen LogP contribution in [0.5, 0.6) is 0 Å². The fourth-order valence-electron chi connectivity index (χ4n) is 5.12. The van der Waals surface area contributed by atoms with Gasteiger partial charge >= 0.3 is 19.8 Å². The van der Waals surface area contributed by atoms with E-state index in [1.807, 2.05) is 0 Å². The maximum Gasteiger partial charge on any atom is 0.472 e. The van der Waals surface area contributed by atoms with Crippen molar-refractivity contribution >= 4 is 19.8 Å². The van der Waals surface area contributed by atoms with Crippen molar-refractivity contribution in [3.63, 3.8) is 0 Å². The smallest absolute Gasteiger partial charge is 0.462 e. The van der Waals surface area contributed by atoms with Gasteiger partial charge in [0.05, 0.1) is 6.61 Å². The second-order valence-electron chi connectivity index (χ2n) is 12.7. The monoisotopic (exact) mass is 710 g/mol. The molecule has 0 aromatic heterocycles. The van der Waals surface area contributed by atoms with Gasteiger partial charge in [0.15, 0.2) is 6.10 Å². The topological polar surface area (TPSA) is 108 Å². The summed E-state index contributed by atoms with van der Waals surface area (Å²) >= 11 is 0. The molecule has 2 atom stereocenters. The number of rotatable bonds is 35. The molecular weight excluding hydrogens is 639 g/mol. The molecule has 8 nitrogen and oxygen atoms in total. The Labute approximate surface area is 299 Å². The van der Waals surface area contributed by atoms with E-state index in [1.165, 1.54) is 77.0 Å². The first-order chi connectivity index (χ1) is 23.8. The average molecular weight is 711 g/mol. The minimum absolute atomic E-state index is 0.193. The van der Waals surface area contributed by atoms with Crippen molar-refractivity contribution in [2.24, 2.45) is 0 Å². The summed E-state index contributed by atoms with van der Waals surface area (Å²) in [4.78, 5) is 34.3. The van der Waals surface area contributed by atoms with E-state index < -0.39 is 26.5 Å². The number of carbonyl (C=O) groups excluding carboxylic acids is 2. The number of allylic oxidation sites excluding steroid dienone is 8. The molecule has 0 spiro atoms. The van der Waals surface area contributed by atoms with E-state index in [2.05, 4.69) is 67.0 Å². The van der Waals surface area contributed by atoms with Crippen LogP contribution >= 0.6 is 7.82 Å². The van der Waals surface area contributed by atoms with Gasteiger partial charge < -0.3 is 14.4 Å². The molecule has 0 rings (SSSR count). The minimum atomic E-state index is -4.27. The fraction of sp³-hybridized carbons (Fsp3) is 0.750. The second-order valence-corrected chi connectivity index (χ2v) is 14.2. The van der Waals surface area contributed by atoms with Crippen molar-refractivity contribution in [2.75, 3.05) is 20.3 Å². The van der Waals surface area contributed by atoms with Gasteiger partial charge in [0.25, 0.3) is 0 Å². The largest absolute Gasteiger partial charge is 0.472 e. The lowest BCUT2D eigenvalue weighted by Crippen LogP contribution is -2.29. The fourth-order valence-corrected chi connectivity index (χ4v) is 5.58. The molecule has 0 bridgehead atoms. The number of ether oxygens (including phenoxy) is 2. The molecule has 2 unspecified atom stereocenters. The average Bonchev–Trinajstić information content (AvgIpc) is 3.09. The van der Waals surface area contributed by atoms with Crippen molar-refractivity contribution in [3.8, 4) is 0 Å². The lowest BCUT2D eigenvalue weighted by Gasteiger charge is -2.19. The van der Waals surface area contributed by atoms with Crippen molar-refractivity contribution in [2.45, 2.75) is 174 Å². The Balaban J connectivity index is 4.11. The molecule has 0 saturated carbocycles. The Bertz CT molecular complexity index is 943. The van der Waals surface area contributed by atoms with Crippen LogP contribution in [0.1, 0.15) is 168 Å². The van der Waals surface area contributed by atoms with E-state index in [0.717, 1.165) is 64.9 Å². The maximum atomic E-state index is 12.4. The highest BCUT2D eigenvalue weighted by molar-refractivity contribution is 7.47. The Kier molecular flexibility index (Phi) is 34.4. The van der Waals surface area contributed by atoms with E-state index in [-0.39, 0.29) is 25.4 Å². The highest BCUT2D eigenvalue weighted by atomic mass is 31.2. The number of carbonyl (C=O) groups is 2. The predicted molar refractivity (Wildman–Crippen MR) is 202 cm³/mol. The summed E-state index contributed by atoms with van der Waals surface area (Å²) in [5.74, 6) is -0.852. The molecule has 1 N–H and O–H groups in total. The van der Waals surface area contributed by atoms with Gasteiger partial charge in [-0.3, -0.25) is 18.6 Å². The third-order valence-electron chi connectivity index (χ3n) is 8.09. The number of phosphoric acid groups is 1. The summed E-state index contributed by atoms with van der Waals surface area (Å²) < 4.78 is 31.8. The zero-order valence-corrected chi connectivity index (χ0v) is 32.2. The first-order valence-corrected chi connectivity index (χ1v) is 20.8. The molecule has 49 heavy (non-hydrogen) atoms. The molecular formula is C40H71O8P. The Morgan fingerprint density at radius 2 is 1.04 bits per heavy atom. The zero-order chi connectivity index (χ0) is 36.1. The van der Waals surface area contributed by atoms with Crippen LogP contribution in [0.4, 0.5) is 0 Å². The molecule has 0 fully saturated rings. The van der Waals surface area contributed by atoms with Crippen LogP contribution in [0.15, 0.2) is 48.6 Å². The number of hydrogen-bond donors (Lipinski definition) is 1. The van der Waals surface area contributed by atoms with Gasteiger partial charge in [-0.15, -0.1) is 0 Å². The zero-order valence-electron chi connectivity index (χ0n) is 31.3. The molecule has 0 aliphatic carbocycles. The predicted octanol–water partition coefficient (Wildman–Crippen LogP) is 11.8. The summed E-state index contributed by atoms with van der Waals surface area (Å²) in [5.41, 5.74) is 0. The van der Waals surface area contributed by atoms with Crippen LogP contribution in [0.25, 0.3) is 0 Å². The molecule has 0 saturated heterocycles. The Hall–Kier alpha value is -1.99. The number of hydrogen-bond acceptors (Lipinski definition) is 7. The number of unbranched alkanes of at least 4 members (excludes halogenated alkanes) is 16. The molecule has 0 aliphatic heterocycles. The number of phosphoric ester groups is 1. The van der Waals surface area contributed by atoms with E-state index in [0.29, 0.717) is 6.42 Å². The molecule has 9 heteroatoms. The van der Waals surface area contributed by atoms with Crippen LogP contribution in [0.2, 0.25) is 0 Å². The lowest BCUT2D eigenvalue weighted by atomic mass is 10.0. The van der Waals surface area contributed by atoms with Gasteiger partial charge in [-0.05, 0) is 51.4 Å². The van der Waals surface area contributed by atoms with Gasteiger partial charge in [-0.25, -0.2) is 4.57 Å². The molecule has 284 valence electrons. The van der Waals surface area contributed by atoms with E-state index in [4.69, 9.17) is 14.0 Å². The molecule has 0 aliphatic rings. The summed E-state index contributed by atoms with van der Waals surface area (Å²) in [5, 5.41) is 0. The SMILES string of the molecule is CC/C=C\C/C=C\C/C=C\C/C=C\CCCCC(=O)OC(COC(=O)CCCCCCCCCCCCCCCCC)COP(=O)(O)OC. The van der Waals surface area contributed by atoms with Gasteiger partial charge in [0.1, 0.15) is 6.61 Å². The first-order valence-electron chi connectivity index (χ1n) is 19.3. The Morgan fingerprint density at radius 1 is 0.592 bits per heavy atom. The summed E-state index contributed by atoms with van der Waals surface area (Å²) in [6, 6.07) is 0. The van der Waals surface area contributed by atoms with Crippen molar-refractivity contribution in [1.82, 2.24) is 0 Å². The third-order valence-corrected chi connectivity index (χ3v) is 9.02. The minimum Gasteiger partial charge on any atom is -0.462 e. The normalized spacial score (nSPS) is 14.0. The van der Waals surface area contributed by atoms with Gasteiger partial charge in [0, 0.05) is 20.0 Å². The maximum absolute atomic E-state index is 12.4. The van der Waals surface area contributed by atoms with Crippen LogP contribution in [0, 0.1) is 0 Å². The third kappa shape index (κ3) is 35.6. The van der Waals surface area contributed by atoms with E-state index in [9.17, 15) is 19.0 Å². The van der Waals surface area contributed by atoms with Crippen molar-refractivity contribution in [1.29, 1.82) is 0 Å². The highest BCUT2D eigenvalue weighted by Crippen LogP contribution is 2.42. The van der Waals surface area contributed by atoms with Crippen LogP contribution in [-0.2, 0) is 32.7 Å². The number of esters is 2. The summed E-state index contributed by atoms with van der Waals surface area (Å²) in [7, 11) is -3.22.